The predicted molar refractivity (Wildman–Crippen MR) is 145 cm³/mol. The summed E-state index contributed by atoms with van der Waals surface area (Å²) in [5, 5.41) is 21.6. The number of carbonyl (C=O) groups is 1. The maximum atomic E-state index is 12.6. The zero-order chi connectivity index (χ0) is 31.0. The van der Waals surface area contributed by atoms with Crippen molar-refractivity contribution in [3.63, 3.8) is 0 Å². The van der Waals surface area contributed by atoms with Gasteiger partial charge in [-0.3, -0.25) is 13.9 Å². The van der Waals surface area contributed by atoms with Crippen LogP contribution in [0.25, 0.3) is 0 Å². The second kappa shape index (κ2) is 11.1. The molecule has 0 amide bonds. The highest BCUT2D eigenvalue weighted by Crippen LogP contribution is 2.66. The number of Topliss-reactive ketones (excluding diaryl/α,β-unsaturated/α-hetero) is 1. The van der Waals surface area contributed by atoms with Crippen molar-refractivity contribution in [3.8, 4) is 0 Å². The number of allylic oxidation sites excluding steroid dienone is 2. The molecule has 5 rings (SSSR count). The van der Waals surface area contributed by atoms with Gasteiger partial charge in [0.1, 0.15) is 24.1 Å². The van der Waals surface area contributed by atoms with E-state index >= 15 is 0 Å². The third kappa shape index (κ3) is 5.86. The highest BCUT2D eigenvalue weighted by molar-refractivity contribution is 7.81. The normalized spacial score (nSPS) is 47.6. The van der Waals surface area contributed by atoms with Crippen LogP contribution in [0.2, 0.25) is 0 Å². The Balaban J connectivity index is 1.46. The molecule has 5 aliphatic rings. The minimum absolute atomic E-state index is 0.0525. The molecular formula is C27H42O13S2. The van der Waals surface area contributed by atoms with Crippen LogP contribution in [0, 0.1) is 34.5 Å². The molecule has 1 aliphatic heterocycles. The Morgan fingerprint density at radius 3 is 2.26 bits per heavy atom. The lowest BCUT2D eigenvalue weighted by molar-refractivity contribution is -0.312. The summed E-state index contributed by atoms with van der Waals surface area (Å²) in [6.07, 6.45) is -2.61. The summed E-state index contributed by atoms with van der Waals surface area (Å²) in [4.78, 5) is 12.6. The molecule has 1 saturated heterocycles. The van der Waals surface area contributed by atoms with Crippen molar-refractivity contribution < 1.29 is 58.8 Å². The van der Waals surface area contributed by atoms with E-state index < -0.39 is 69.1 Å². The maximum absolute atomic E-state index is 12.6. The van der Waals surface area contributed by atoms with Gasteiger partial charge in [0.05, 0.1) is 18.3 Å². The first-order valence-corrected chi connectivity index (χ1v) is 17.3. The molecular weight excluding hydrogens is 596 g/mol. The van der Waals surface area contributed by atoms with Crippen LogP contribution in [-0.2, 0) is 43.4 Å². The van der Waals surface area contributed by atoms with Gasteiger partial charge in [0.2, 0.25) is 0 Å². The highest BCUT2D eigenvalue weighted by Gasteiger charge is 2.61. The van der Waals surface area contributed by atoms with Crippen molar-refractivity contribution in [2.75, 3.05) is 0 Å². The van der Waals surface area contributed by atoms with Gasteiger partial charge in [-0.05, 0) is 87.4 Å². The summed E-state index contributed by atoms with van der Waals surface area (Å²) in [6.45, 7) is 7.34. The molecule has 13 atom stereocenters. The molecule has 4 aliphatic carbocycles. The average molecular weight is 639 g/mol. The van der Waals surface area contributed by atoms with Crippen LogP contribution >= 0.6 is 0 Å². The van der Waals surface area contributed by atoms with Crippen molar-refractivity contribution in [1.82, 2.24) is 0 Å². The molecule has 0 aromatic carbocycles. The Morgan fingerprint density at radius 2 is 1.64 bits per heavy atom. The Bertz CT molecular complexity index is 1310. The van der Waals surface area contributed by atoms with Gasteiger partial charge in [0.25, 0.3) is 0 Å². The number of hydrogen-bond donors (Lipinski definition) is 4. The molecule has 0 aromatic heterocycles. The summed E-state index contributed by atoms with van der Waals surface area (Å²) in [6, 6.07) is 0. The molecule has 4 N–H and O–H groups in total. The summed E-state index contributed by atoms with van der Waals surface area (Å²) >= 11 is 0. The quantitative estimate of drug-likeness (QED) is 0.233. The van der Waals surface area contributed by atoms with Gasteiger partial charge in [-0.15, -0.1) is 0 Å². The first kappa shape index (κ1) is 32.4. The summed E-state index contributed by atoms with van der Waals surface area (Å²) < 4.78 is 85.9. The van der Waals surface area contributed by atoms with E-state index in [9.17, 15) is 36.4 Å². The summed E-state index contributed by atoms with van der Waals surface area (Å²) in [5.41, 5.74) is 0.595. The second-order valence-electron chi connectivity index (χ2n) is 13.4. The summed E-state index contributed by atoms with van der Waals surface area (Å²) in [5.74, 6) is 0.0671. The minimum Gasteiger partial charge on any atom is -0.387 e. The van der Waals surface area contributed by atoms with Gasteiger partial charge in [-0.1, -0.05) is 25.5 Å². The fourth-order valence-corrected chi connectivity index (χ4v) is 10.2. The maximum Gasteiger partial charge on any atom is 0.397 e. The van der Waals surface area contributed by atoms with Crippen LogP contribution in [0.3, 0.4) is 0 Å². The number of carbonyl (C=O) groups excluding carboxylic acids is 1. The number of ketones is 1. The Kier molecular flexibility index (Phi) is 8.56. The number of fused-ring (bicyclic) bond motifs is 5. The predicted octanol–water partition coefficient (Wildman–Crippen LogP) is 1.99. The van der Waals surface area contributed by atoms with E-state index in [1.807, 2.05) is 0 Å². The van der Waals surface area contributed by atoms with Crippen LogP contribution < -0.4 is 0 Å². The van der Waals surface area contributed by atoms with E-state index in [2.05, 4.69) is 24.1 Å². The van der Waals surface area contributed by atoms with Gasteiger partial charge < -0.3 is 19.7 Å². The highest BCUT2D eigenvalue weighted by atomic mass is 32.3. The van der Waals surface area contributed by atoms with E-state index in [0.717, 1.165) is 19.3 Å². The van der Waals surface area contributed by atoms with Crippen LogP contribution in [0.5, 0.6) is 0 Å². The number of hydrogen-bond acceptors (Lipinski definition) is 11. The second-order valence-corrected chi connectivity index (χ2v) is 15.5. The van der Waals surface area contributed by atoms with Crippen molar-refractivity contribution >= 4 is 26.6 Å². The minimum atomic E-state index is -4.95. The summed E-state index contributed by atoms with van der Waals surface area (Å²) in [7, 11) is -9.64. The molecule has 0 spiro atoms. The lowest BCUT2D eigenvalue weighted by atomic mass is 9.48. The molecule has 15 heteroatoms. The monoisotopic (exact) mass is 638 g/mol. The van der Waals surface area contributed by atoms with Crippen molar-refractivity contribution in [2.45, 2.75) is 116 Å². The molecule has 0 radical (unpaired) electrons. The Morgan fingerprint density at radius 1 is 0.976 bits per heavy atom. The van der Waals surface area contributed by atoms with Gasteiger partial charge in [0.15, 0.2) is 6.29 Å². The van der Waals surface area contributed by atoms with Gasteiger partial charge in [-0.25, -0.2) is 8.37 Å². The number of aliphatic hydroxyl groups excluding tert-OH is 2. The average Bonchev–Trinajstić information content (AvgIpc) is 3.22. The molecule has 240 valence electrons. The zero-order valence-electron chi connectivity index (χ0n) is 24.2. The first-order chi connectivity index (χ1) is 19.3. The van der Waals surface area contributed by atoms with E-state index in [1.165, 1.54) is 12.5 Å². The van der Waals surface area contributed by atoms with Gasteiger partial charge in [0, 0.05) is 5.92 Å². The third-order valence-electron chi connectivity index (χ3n) is 11.0. The van der Waals surface area contributed by atoms with Crippen molar-refractivity contribution in [2.24, 2.45) is 34.5 Å². The van der Waals surface area contributed by atoms with E-state index in [1.54, 1.807) is 6.92 Å². The largest absolute Gasteiger partial charge is 0.397 e. The van der Waals surface area contributed by atoms with Crippen LogP contribution in [0.15, 0.2) is 11.6 Å². The fraction of sp³-hybridized carbons (Fsp3) is 0.889. The van der Waals surface area contributed by atoms with Crippen LogP contribution in [0.4, 0.5) is 0 Å². The van der Waals surface area contributed by atoms with Crippen molar-refractivity contribution in [1.29, 1.82) is 0 Å². The molecule has 0 bridgehead atoms. The number of ether oxygens (including phenoxy) is 2. The Labute approximate surface area is 246 Å². The smallest absolute Gasteiger partial charge is 0.387 e. The van der Waals surface area contributed by atoms with E-state index in [-0.39, 0.29) is 41.3 Å². The lowest BCUT2D eigenvalue weighted by Gasteiger charge is -2.59. The molecule has 4 fully saturated rings. The van der Waals surface area contributed by atoms with Gasteiger partial charge >= 0.3 is 20.8 Å². The topological polar surface area (TPSA) is 203 Å². The lowest BCUT2D eigenvalue weighted by Crippen LogP contribution is -2.61. The van der Waals surface area contributed by atoms with Crippen molar-refractivity contribution in [3.05, 3.63) is 11.6 Å². The fourth-order valence-electron chi connectivity index (χ4n) is 9.15. The molecule has 1 heterocycles. The zero-order valence-corrected chi connectivity index (χ0v) is 25.8. The van der Waals surface area contributed by atoms with E-state index in [4.69, 9.17) is 18.2 Å². The number of rotatable bonds is 7. The number of aliphatic hydroxyl groups is 2. The van der Waals surface area contributed by atoms with Crippen LogP contribution in [0.1, 0.15) is 72.6 Å². The Hall–Kier alpha value is -1.01. The molecule has 3 unspecified atom stereocenters. The standard InChI is InChI=1S/C27H42O13S2/c1-13(28)17-5-6-18-16-12-21(38-25-23(30)22(29)24(14(2)37-25)40-42(34,35)36)20-11-15(39-41(31,32)33)7-9-27(20,4)19(16)8-10-26(17,18)3/h8,14-18,20-25,29-30H,5-7,9-12H2,1-4H3,(H,31,32,33)(H,34,35,36)/t14-,15?,16+,17-,18+,20?,21?,22-,23-,24-,25+,26-,27-/m1/s1. The SMILES string of the molecule is CC(=O)[C@H]1CC[C@H]2[C@@H]3CC(O[C@@H]4O[C@H](C)[C@@H](OS(=O)(=O)O)[C@H](O)[C@H]4O)C4CC(OS(=O)(=O)O)CC[C@]4(C)C3=CC[C@]12C. The molecule has 0 aromatic rings. The first-order valence-electron chi connectivity index (χ1n) is 14.5. The van der Waals surface area contributed by atoms with Gasteiger partial charge in [-0.2, -0.15) is 16.8 Å². The van der Waals surface area contributed by atoms with Crippen LogP contribution in [-0.4, -0.2) is 84.9 Å². The molecule has 3 saturated carbocycles. The third-order valence-corrected chi connectivity index (χ3v) is 12.0. The van der Waals surface area contributed by atoms with E-state index in [0.29, 0.717) is 19.3 Å². The molecule has 13 nitrogen and oxygen atoms in total. The molecule has 42 heavy (non-hydrogen) atoms.